The van der Waals surface area contributed by atoms with Crippen molar-refractivity contribution in [1.29, 1.82) is 0 Å². The summed E-state index contributed by atoms with van der Waals surface area (Å²) >= 11 is 0. The average Bonchev–Trinajstić information content (AvgIpc) is 2.03. The zero-order valence-electron chi connectivity index (χ0n) is 7.83. The minimum Gasteiger partial charge on any atom is -0.300 e. The first kappa shape index (κ1) is 9.65. The molecule has 2 heteroatoms. The van der Waals surface area contributed by atoms with Gasteiger partial charge in [-0.25, -0.2) is 0 Å². The van der Waals surface area contributed by atoms with E-state index in [4.69, 9.17) is 0 Å². The Hall–Kier alpha value is -1.44. The van der Waals surface area contributed by atoms with Gasteiger partial charge in [-0.3, -0.25) is 9.59 Å². The summed E-state index contributed by atoms with van der Waals surface area (Å²) in [6.45, 7) is 3.39. The molecule has 0 heterocycles. The Morgan fingerprint density at radius 1 is 1.46 bits per heavy atom. The second kappa shape index (κ2) is 3.99. The average molecular weight is 176 g/mol. The van der Waals surface area contributed by atoms with E-state index >= 15 is 0 Å². The molecule has 0 atom stereocenters. The topological polar surface area (TPSA) is 34.1 Å². The van der Waals surface area contributed by atoms with Crippen molar-refractivity contribution >= 4 is 12.1 Å². The van der Waals surface area contributed by atoms with Gasteiger partial charge in [0.1, 0.15) is 5.78 Å². The third kappa shape index (κ3) is 2.25. The van der Waals surface area contributed by atoms with Crippen LogP contribution in [0.25, 0.3) is 0 Å². The Balaban J connectivity index is 3.12. The Labute approximate surface area is 77.6 Å². The molecule has 1 rings (SSSR count). The molecule has 0 bridgehead atoms. The van der Waals surface area contributed by atoms with Crippen molar-refractivity contribution in [2.24, 2.45) is 0 Å². The van der Waals surface area contributed by atoms with Gasteiger partial charge in [0, 0.05) is 12.0 Å². The fourth-order valence-electron chi connectivity index (χ4n) is 1.33. The quantitative estimate of drug-likeness (QED) is 0.659. The first-order chi connectivity index (χ1) is 6.15. The lowest BCUT2D eigenvalue weighted by Gasteiger charge is -2.04. The number of carbonyl (C=O) groups is 2. The molecular formula is C11H12O2. The van der Waals surface area contributed by atoms with Gasteiger partial charge in [-0.2, -0.15) is 0 Å². The fraction of sp³-hybridized carbons (Fsp3) is 0.273. The molecule has 0 aromatic heterocycles. The van der Waals surface area contributed by atoms with Gasteiger partial charge in [0.05, 0.1) is 0 Å². The maximum Gasteiger partial charge on any atom is 0.150 e. The van der Waals surface area contributed by atoms with Crippen LogP contribution in [0.2, 0.25) is 0 Å². The lowest BCUT2D eigenvalue weighted by atomic mass is 9.99. The van der Waals surface area contributed by atoms with Crippen LogP contribution >= 0.6 is 0 Å². The van der Waals surface area contributed by atoms with Crippen LogP contribution < -0.4 is 0 Å². The minimum absolute atomic E-state index is 0.0775. The van der Waals surface area contributed by atoms with Crippen molar-refractivity contribution in [3.8, 4) is 0 Å². The molecule has 0 saturated carbocycles. The number of aldehydes is 1. The molecule has 0 aliphatic rings. The molecule has 0 unspecified atom stereocenters. The molecule has 0 N–H and O–H groups in total. The minimum atomic E-state index is 0.0775. The number of hydrogen-bond acceptors (Lipinski definition) is 2. The summed E-state index contributed by atoms with van der Waals surface area (Å²) in [6.07, 6.45) is 1.16. The van der Waals surface area contributed by atoms with Gasteiger partial charge in [-0.15, -0.1) is 0 Å². The summed E-state index contributed by atoms with van der Waals surface area (Å²) in [4.78, 5) is 21.6. The van der Waals surface area contributed by atoms with Gasteiger partial charge in [0.15, 0.2) is 6.29 Å². The highest BCUT2D eigenvalue weighted by molar-refractivity contribution is 5.85. The van der Waals surface area contributed by atoms with Crippen LogP contribution in [0, 0.1) is 6.92 Å². The molecule has 13 heavy (non-hydrogen) atoms. The third-order valence-corrected chi connectivity index (χ3v) is 1.97. The van der Waals surface area contributed by atoms with E-state index in [0.29, 0.717) is 12.0 Å². The van der Waals surface area contributed by atoms with Gasteiger partial charge in [-0.1, -0.05) is 18.2 Å². The van der Waals surface area contributed by atoms with Crippen LogP contribution in [0.1, 0.15) is 28.4 Å². The van der Waals surface area contributed by atoms with E-state index < -0.39 is 0 Å². The predicted molar refractivity (Wildman–Crippen MR) is 51.0 cm³/mol. The molecule has 68 valence electrons. The number of aryl methyl sites for hydroxylation is 1. The van der Waals surface area contributed by atoms with Crippen molar-refractivity contribution in [3.05, 3.63) is 34.9 Å². The van der Waals surface area contributed by atoms with Crippen LogP contribution in [-0.2, 0) is 11.2 Å². The second-order valence-electron chi connectivity index (χ2n) is 3.14. The molecule has 0 aliphatic carbocycles. The summed E-state index contributed by atoms with van der Waals surface area (Å²) in [6, 6.07) is 5.55. The number of rotatable bonds is 3. The first-order valence-corrected chi connectivity index (χ1v) is 4.18. The molecule has 0 saturated heterocycles. The predicted octanol–water partition coefficient (Wildman–Crippen LogP) is 1.94. The number of hydrogen-bond donors (Lipinski definition) is 0. The van der Waals surface area contributed by atoms with Crippen molar-refractivity contribution < 1.29 is 9.59 Å². The second-order valence-corrected chi connectivity index (χ2v) is 3.14. The SMILES string of the molecule is CC(=O)Cc1cccc(C)c1C=O. The van der Waals surface area contributed by atoms with Crippen LogP contribution in [-0.4, -0.2) is 12.1 Å². The van der Waals surface area contributed by atoms with Gasteiger partial charge in [0.25, 0.3) is 0 Å². The summed E-state index contributed by atoms with van der Waals surface area (Å²) in [5.74, 6) is 0.0775. The zero-order valence-corrected chi connectivity index (χ0v) is 7.83. The maximum atomic E-state index is 10.9. The van der Waals surface area contributed by atoms with Crippen LogP contribution in [0.15, 0.2) is 18.2 Å². The van der Waals surface area contributed by atoms with Crippen LogP contribution in [0.3, 0.4) is 0 Å². The van der Waals surface area contributed by atoms with Crippen LogP contribution in [0.5, 0.6) is 0 Å². The number of ketones is 1. The molecule has 2 nitrogen and oxygen atoms in total. The number of benzene rings is 1. The Kier molecular flexibility index (Phi) is 2.96. The Bertz CT molecular complexity index is 340. The van der Waals surface area contributed by atoms with E-state index in [1.165, 1.54) is 6.92 Å². The molecule has 0 fully saturated rings. The van der Waals surface area contributed by atoms with E-state index in [0.717, 1.165) is 17.4 Å². The largest absolute Gasteiger partial charge is 0.300 e. The lowest BCUT2D eigenvalue weighted by Crippen LogP contribution is -2.01. The van der Waals surface area contributed by atoms with E-state index in [2.05, 4.69) is 0 Å². The van der Waals surface area contributed by atoms with E-state index in [-0.39, 0.29) is 5.78 Å². The summed E-state index contributed by atoms with van der Waals surface area (Å²) in [5.41, 5.74) is 2.40. The highest BCUT2D eigenvalue weighted by Crippen LogP contribution is 2.12. The van der Waals surface area contributed by atoms with Crippen molar-refractivity contribution in [1.82, 2.24) is 0 Å². The standard InChI is InChI=1S/C11H12O2/c1-8-4-3-5-10(6-9(2)13)11(8)7-12/h3-5,7H,6H2,1-2H3. The van der Waals surface area contributed by atoms with Crippen LogP contribution in [0.4, 0.5) is 0 Å². The van der Waals surface area contributed by atoms with E-state index in [9.17, 15) is 9.59 Å². The zero-order chi connectivity index (χ0) is 9.84. The maximum absolute atomic E-state index is 10.9. The molecule has 0 radical (unpaired) electrons. The molecule has 0 spiro atoms. The highest BCUT2D eigenvalue weighted by atomic mass is 16.1. The first-order valence-electron chi connectivity index (χ1n) is 4.18. The van der Waals surface area contributed by atoms with Gasteiger partial charge in [0.2, 0.25) is 0 Å². The number of Topliss-reactive ketones (excluding diaryl/α,β-unsaturated/α-hetero) is 1. The normalized spacial score (nSPS) is 9.69. The summed E-state index contributed by atoms with van der Waals surface area (Å²) in [7, 11) is 0. The van der Waals surface area contributed by atoms with Gasteiger partial charge >= 0.3 is 0 Å². The van der Waals surface area contributed by atoms with E-state index in [1.54, 1.807) is 0 Å². The summed E-state index contributed by atoms with van der Waals surface area (Å²) < 4.78 is 0. The molecular weight excluding hydrogens is 164 g/mol. The molecule has 0 amide bonds. The van der Waals surface area contributed by atoms with Gasteiger partial charge in [-0.05, 0) is 25.0 Å². The Morgan fingerprint density at radius 3 is 2.69 bits per heavy atom. The lowest BCUT2D eigenvalue weighted by molar-refractivity contribution is -0.116. The Morgan fingerprint density at radius 2 is 2.15 bits per heavy atom. The van der Waals surface area contributed by atoms with Gasteiger partial charge < -0.3 is 0 Å². The van der Waals surface area contributed by atoms with Crippen molar-refractivity contribution in [2.45, 2.75) is 20.3 Å². The molecule has 0 aliphatic heterocycles. The van der Waals surface area contributed by atoms with Crippen molar-refractivity contribution in [3.63, 3.8) is 0 Å². The molecule has 1 aromatic carbocycles. The van der Waals surface area contributed by atoms with Crippen molar-refractivity contribution in [2.75, 3.05) is 0 Å². The highest BCUT2D eigenvalue weighted by Gasteiger charge is 2.05. The summed E-state index contributed by atoms with van der Waals surface area (Å²) in [5, 5.41) is 0. The smallest absolute Gasteiger partial charge is 0.150 e. The number of carbonyl (C=O) groups excluding carboxylic acids is 2. The monoisotopic (exact) mass is 176 g/mol. The van der Waals surface area contributed by atoms with E-state index in [1.807, 2.05) is 25.1 Å². The fourth-order valence-corrected chi connectivity index (χ4v) is 1.33. The molecule has 1 aromatic rings. The third-order valence-electron chi connectivity index (χ3n) is 1.97.